The highest BCUT2D eigenvalue weighted by molar-refractivity contribution is 7.99. The van der Waals surface area contributed by atoms with Crippen molar-refractivity contribution in [2.24, 2.45) is 0 Å². The lowest BCUT2D eigenvalue weighted by Gasteiger charge is -1.95. The second-order valence-electron chi connectivity index (χ2n) is 3.49. The number of hydrogen-bond acceptors (Lipinski definition) is 6. The van der Waals surface area contributed by atoms with E-state index in [1.165, 1.54) is 18.7 Å². The summed E-state index contributed by atoms with van der Waals surface area (Å²) in [4.78, 5) is 22.0. The van der Waals surface area contributed by atoms with Gasteiger partial charge in [-0.25, -0.2) is 9.97 Å². The third-order valence-corrected chi connectivity index (χ3v) is 2.94. The van der Waals surface area contributed by atoms with Crippen LogP contribution >= 0.6 is 11.8 Å². The summed E-state index contributed by atoms with van der Waals surface area (Å²) in [5.74, 6) is 1.81. The summed E-state index contributed by atoms with van der Waals surface area (Å²) >= 11 is 1.33. The predicted octanol–water partition coefficient (Wildman–Crippen LogP) is 1.25. The Kier molecular flexibility index (Phi) is 3.48. The van der Waals surface area contributed by atoms with E-state index in [1.807, 2.05) is 6.92 Å². The lowest BCUT2D eigenvalue weighted by Crippen LogP contribution is -1.93. The van der Waals surface area contributed by atoms with Crippen molar-refractivity contribution >= 4 is 17.5 Å². The maximum absolute atomic E-state index is 10.8. The van der Waals surface area contributed by atoms with Gasteiger partial charge in [-0.15, -0.1) is 10.2 Å². The lowest BCUT2D eigenvalue weighted by atomic mass is 10.3. The number of ketones is 1. The second kappa shape index (κ2) is 5.05. The second-order valence-corrected chi connectivity index (χ2v) is 4.45. The zero-order valence-corrected chi connectivity index (χ0v) is 10.3. The highest BCUT2D eigenvalue weighted by Gasteiger charge is 2.07. The van der Waals surface area contributed by atoms with Crippen molar-refractivity contribution in [2.45, 2.75) is 19.0 Å². The van der Waals surface area contributed by atoms with E-state index in [2.05, 4.69) is 25.1 Å². The van der Waals surface area contributed by atoms with Crippen molar-refractivity contribution in [2.75, 3.05) is 5.75 Å². The summed E-state index contributed by atoms with van der Waals surface area (Å²) < 4.78 is 0. The van der Waals surface area contributed by atoms with Crippen LogP contribution in [0.25, 0.3) is 11.4 Å². The molecule has 0 saturated heterocycles. The third-order valence-electron chi connectivity index (χ3n) is 1.93. The Bertz CT molecular complexity index is 522. The number of nitrogens with zero attached hydrogens (tertiary/aromatic N) is 4. The minimum absolute atomic E-state index is 0.103. The molecule has 88 valence electrons. The first-order chi connectivity index (χ1) is 8.15. The number of H-pyrrole nitrogens is 1. The van der Waals surface area contributed by atoms with Crippen molar-refractivity contribution in [1.82, 2.24) is 25.1 Å². The van der Waals surface area contributed by atoms with Crippen molar-refractivity contribution in [3.05, 3.63) is 18.2 Å². The van der Waals surface area contributed by atoms with Crippen molar-refractivity contribution < 1.29 is 4.79 Å². The Hall–Kier alpha value is -1.76. The van der Waals surface area contributed by atoms with E-state index in [0.29, 0.717) is 22.6 Å². The Balaban J connectivity index is 2.12. The largest absolute Gasteiger partial charge is 0.316 e. The van der Waals surface area contributed by atoms with Gasteiger partial charge in [0.2, 0.25) is 0 Å². The standard InChI is InChI=1S/C10H11N5OS/c1-6(16)5-17-10-13-9(14-15-10)8-3-11-7(2)12-4-8/h3-4H,5H2,1-2H3,(H,13,14,15). The normalized spacial score (nSPS) is 10.5. The van der Waals surface area contributed by atoms with Crippen LogP contribution in [-0.2, 0) is 4.79 Å². The maximum atomic E-state index is 10.8. The molecule has 0 unspecified atom stereocenters. The van der Waals surface area contributed by atoms with E-state index < -0.39 is 0 Å². The van der Waals surface area contributed by atoms with Gasteiger partial charge in [0, 0.05) is 12.4 Å². The minimum Gasteiger partial charge on any atom is -0.316 e. The summed E-state index contributed by atoms with van der Waals surface area (Å²) in [5, 5.41) is 8.53. The van der Waals surface area contributed by atoms with E-state index in [0.717, 1.165) is 5.56 Å². The number of carbonyl (C=O) groups is 1. The number of aromatic amines is 1. The molecule has 0 aliphatic heterocycles. The summed E-state index contributed by atoms with van der Waals surface area (Å²) in [6.45, 7) is 3.36. The topological polar surface area (TPSA) is 84.4 Å². The first kappa shape index (κ1) is 11.7. The molecule has 0 radical (unpaired) electrons. The number of aromatic nitrogens is 5. The van der Waals surface area contributed by atoms with Gasteiger partial charge in [-0.2, -0.15) is 0 Å². The smallest absolute Gasteiger partial charge is 0.189 e. The van der Waals surface area contributed by atoms with Crippen LogP contribution in [0.3, 0.4) is 0 Å². The van der Waals surface area contributed by atoms with Gasteiger partial charge in [0.1, 0.15) is 11.6 Å². The molecule has 0 aliphatic rings. The van der Waals surface area contributed by atoms with Crippen LogP contribution in [0.15, 0.2) is 17.6 Å². The third kappa shape index (κ3) is 3.10. The number of thioether (sulfide) groups is 1. The van der Waals surface area contributed by atoms with E-state index in [9.17, 15) is 4.79 Å². The number of hydrogen-bond donors (Lipinski definition) is 1. The quantitative estimate of drug-likeness (QED) is 0.821. The van der Waals surface area contributed by atoms with Crippen LogP contribution < -0.4 is 0 Å². The number of nitrogens with one attached hydrogen (secondary N) is 1. The van der Waals surface area contributed by atoms with Crippen LogP contribution in [0.5, 0.6) is 0 Å². The van der Waals surface area contributed by atoms with Gasteiger partial charge in [-0.05, 0) is 13.8 Å². The number of carbonyl (C=O) groups excluding carboxylic acids is 1. The fourth-order valence-corrected chi connectivity index (χ4v) is 1.73. The van der Waals surface area contributed by atoms with Gasteiger partial charge in [0.25, 0.3) is 0 Å². The monoisotopic (exact) mass is 249 g/mol. The molecule has 2 rings (SSSR count). The fourth-order valence-electron chi connectivity index (χ4n) is 1.13. The first-order valence-corrected chi connectivity index (χ1v) is 5.97. The van der Waals surface area contributed by atoms with Crippen LogP contribution in [0.2, 0.25) is 0 Å². The highest BCUT2D eigenvalue weighted by Crippen LogP contribution is 2.17. The van der Waals surface area contributed by atoms with Gasteiger partial charge >= 0.3 is 0 Å². The summed E-state index contributed by atoms with van der Waals surface area (Å²) in [6, 6.07) is 0. The molecule has 0 bridgehead atoms. The molecule has 6 nitrogen and oxygen atoms in total. The molecule has 0 fully saturated rings. The molecule has 2 aromatic rings. The number of aryl methyl sites for hydroxylation is 1. The van der Waals surface area contributed by atoms with Gasteiger partial charge in [-0.1, -0.05) is 11.8 Å². The van der Waals surface area contributed by atoms with E-state index in [1.54, 1.807) is 12.4 Å². The molecular weight excluding hydrogens is 238 g/mol. The molecule has 0 aromatic carbocycles. The first-order valence-electron chi connectivity index (χ1n) is 4.99. The van der Waals surface area contributed by atoms with Crippen LogP contribution in [0, 0.1) is 6.92 Å². The maximum Gasteiger partial charge on any atom is 0.189 e. The average Bonchev–Trinajstić information content (AvgIpc) is 2.76. The molecule has 7 heteroatoms. The molecule has 2 heterocycles. The van der Waals surface area contributed by atoms with Gasteiger partial charge < -0.3 is 4.98 Å². The van der Waals surface area contributed by atoms with E-state index >= 15 is 0 Å². The summed E-state index contributed by atoms with van der Waals surface area (Å²) in [5.41, 5.74) is 0.776. The zero-order chi connectivity index (χ0) is 12.3. The lowest BCUT2D eigenvalue weighted by molar-refractivity contribution is -0.114. The SMILES string of the molecule is CC(=O)CSc1nnc(-c2cnc(C)nc2)[nH]1. The van der Waals surface area contributed by atoms with Gasteiger partial charge in [-0.3, -0.25) is 4.79 Å². The summed E-state index contributed by atoms with van der Waals surface area (Å²) in [6.07, 6.45) is 3.37. The Morgan fingerprint density at radius 3 is 2.71 bits per heavy atom. The van der Waals surface area contributed by atoms with Crippen LogP contribution in [0.1, 0.15) is 12.7 Å². The molecule has 17 heavy (non-hydrogen) atoms. The Morgan fingerprint density at radius 2 is 2.06 bits per heavy atom. The van der Waals surface area contributed by atoms with Crippen molar-refractivity contribution in [3.63, 3.8) is 0 Å². The summed E-state index contributed by atoms with van der Waals surface area (Å²) in [7, 11) is 0. The highest BCUT2D eigenvalue weighted by atomic mass is 32.2. The number of Topliss-reactive ketones (excluding diaryl/α,β-unsaturated/α-hetero) is 1. The van der Waals surface area contributed by atoms with Crippen molar-refractivity contribution in [3.8, 4) is 11.4 Å². The van der Waals surface area contributed by atoms with Crippen LogP contribution in [0.4, 0.5) is 0 Å². The molecular formula is C10H11N5OS. The van der Waals surface area contributed by atoms with Gasteiger partial charge in [0.05, 0.1) is 11.3 Å². The average molecular weight is 249 g/mol. The molecule has 2 aromatic heterocycles. The molecule has 0 amide bonds. The van der Waals surface area contributed by atoms with E-state index in [4.69, 9.17) is 0 Å². The van der Waals surface area contributed by atoms with Gasteiger partial charge in [0.15, 0.2) is 11.0 Å². The minimum atomic E-state index is 0.103. The van der Waals surface area contributed by atoms with Crippen LogP contribution in [-0.4, -0.2) is 36.7 Å². The van der Waals surface area contributed by atoms with Crippen molar-refractivity contribution in [1.29, 1.82) is 0 Å². The zero-order valence-electron chi connectivity index (χ0n) is 9.47. The Morgan fingerprint density at radius 1 is 1.35 bits per heavy atom. The number of rotatable bonds is 4. The molecule has 0 saturated carbocycles. The fraction of sp³-hybridized carbons (Fsp3) is 0.300. The van der Waals surface area contributed by atoms with E-state index in [-0.39, 0.29) is 5.78 Å². The molecule has 0 aliphatic carbocycles. The Labute approximate surface area is 102 Å². The molecule has 1 N–H and O–H groups in total. The predicted molar refractivity (Wildman–Crippen MR) is 63.6 cm³/mol. The molecule has 0 spiro atoms. The molecule has 0 atom stereocenters.